The lowest BCUT2D eigenvalue weighted by molar-refractivity contribution is -0.140. The third-order valence-electron chi connectivity index (χ3n) is 2.45. The van der Waals surface area contributed by atoms with Crippen molar-refractivity contribution in [3.05, 3.63) is 28.2 Å². The highest BCUT2D eigenvalue weighted by molar-refractivity contribution is 9.10. The van der Waals surface area contributed by atoms with E-state index >= 15 is 0 Å². The summed E-state index contributed by atoms with van der Waals surface area (Å²) in [6.07, 6.45) is 0.328. The molecular weight excluding hydrogens is 334 g/mol. The van der Waals surface area contributed by atoms with Gasteiger partial charge in [-0.15, -0.1) is 0 Å². The molecule has 0 aliphatic carbocycles. The van der Waals surface area contributed by atoms with Crippen molar-refractivity contribution in [2.45, 2.75) is 19.8 Å². The Bertz CT molecular complexity index is 557. The third kappa shape index (κ3) is 5.61. The number of rotatable bonds is 6. The second kappa shape index (κ2) is 6.91. The molecule has 0 spiro atoms. The Hall–Kier alpha value is -1.08. The van der Waals surface area contributed by atoms with Crippen LogP contribution in [0.3, 0.4) is 0 Å². The van der Waals surface area contributed by atoms with Crippen molar-refractivity contribution >= 4 is 37.6 Å². The van der Waals surface area contributed by atoms with Gasteiger partial charge >= 0.3 is 5.97 Å². The molecule has 0 heterocycles. The molecule has 106 valence electrons. The third-order valence-corrected chi connectivity index (χ3v) is 4.72. The molecule has 0 aromatic heterocycles. The molecule has 1 rings (SSSR count). The molecule has 7 heteroatoms. The Kier molecular flexibility index (Phi) is 5.81. The number of hydrogen-bond acceptors (Lipinski definition) is 4. The smallest absolute Gasteiger partial charge is 0.305 e. The van der Waals surface area contributed by atoms with Gasteiger partial charge in [-0.2, -0.15) is 0 Å². The lowest BCUT2D eigenvalue weighted by atomic mass is 10.2. The van der Waals surface area contributed by atoms with Crippen LogP contribution < -0.4 is 4.72 Å². The van der Waals surface area contributed by atoms with Crippen molar-refractivity contribution in [3.63, 3.8) is 0 Å². The van der Waals surface area contributed by atoms with E-state index in [1.807, 2.05) is 6.92 Å². The van der Waals surface area contributed by atoms with E-state index in [4.69, 9.17) is 0 Å². The Morgan fingerprint density at radius 1 is 1.42 bits per heavy atom. The van der Waals surface area contributed by atoms with Gasteiger partial charge in [0.1, 0.15) is 0 Å². The van der Waals surface area contributed by atoms with E-state index in [1.54, 1.807) is 18.2 Å². The molecule has 19 heavy (non-hydrogen) atoms. The van der Waals surface area contributed by atoms with Gasteiger partial charge in [-0.25, -0.2) is 8.42 Å². The van der Waals surface area contributed by atoms with E-state index < -0.39 is 16.0 Å². The number of nitrogens with one attached hydrogen (secondary N) is 1. The summed E-state index contributed by atoms with van der Waals surface area (Å²) >= 11 is 3.35. The number of methoxy groups -OCH3 is 1. The first kappa shape index (κ1) is 16.0. The van der Waals surface area contributed by atoms with Crippen LogP contribution in [0.4, 0.5) is 5.69 Å². The molecule has 0 bridgehead atoms. The normalized spacial score (nSPS) is 11.1. The highest BCUT2D eigenvalue weighted by Gasteiger charge is 2.12. The van der Waals surface area contributed by atoms with Gasteiger partial charge < -0.3 is 4.74 Å². The molecule has 0 amide bonds. The summed E-state index contributed by atoms with van der Waals surface area (Å²) < 4.78 is 31.4. The zero-order valence-electron chi connectivity index (χ0n) is 10.8. The van der Waals surface area contributed by atoms with Gasteiger partial charge in [-0.1, -0.05) is 15.9 Å². The summed E-state index contributed by atoms with van der Waals surface area (Å²) in [5, 5.41) is 0. The summed E-state index contributed by atoms with van der Waals surface area (Å²) in [6.45, 7) is 1.87. The fraction of sp³-hybridized carbons (Fsp3) is 0.417. The first-order valence-corrected chi connectivity index (χ1v) is 8.12. The average molecular weight is 350 g/mol. The van der Waals surface area contributed by atoms with Crippen LogP contribution in [0.15, 0.2) is 22.7 Å². The number of ether oxygens (including phenoxy) is 1. The van der Waals surface area contributed by atoms with Crippen LogP contribution in [0, 0.1) is 6.92 Å². The van der Waals surface area contributed by atoms with E-state index in [1.165, 1.54) is 7.11 Å². The highest BCUT2D eigenvalue weighted by Crippen LogP contribution is 2.20. The van der Waals surface area contributed by atoms with Crippen molar-refractivity contribution in [2.75, 3.05) is 17.6 Å². The van der Waals surface area contributed by atoms with E-state index in [2.05, 4.69) is 25.4 Å². The van der Waals surface area contributed by atoms with Crippen LogP contribution in [-0.4, -0.2) is 27.2 Å². The summed E-state index contributed by atoms with van der Waals surface area (Å²) in [5.41, 5.74) is 1.45. The Labute approximate surface area is 121 Å². The van der Waals surface area contributed by atoms with E-state index in [9.17, 15) is 13.2 Å². The molecule has 0 fully saturated rings. The number of anilines is 1. The molecule has 0 saturated heterocycles. The minimum atomic E-state index is -3.44. The quantitative estimate of drug-likeness (QED) is 0.800. The number of halogens is 1. The first-order valence-electron chi connectivity index (χ1n) is 5.67. The minimum Gasteiger partial charge on any atom is -0.469 e. The van der Waals surface area contributed by atoms with Crippen molar-refractivity contribution in [1.82, 2.24) is 0 Å². The van der Waals surface area contributed by atoms with E-state index in [0.717, 1.165) is 10.0 Å². The predicted octanol–water partition coefficient (Wildman–Crippen LogP) is 2.45. The van der Waals surface area contributed by atoms with Gasteiger partial charge in [-0.3, -0.25) is 9.52 Å². The van der Waals surface area contributed by atoms with E-state index in [0.29, 0.717) is 5.69 Å². The van der Waals surface area contributed by atoms with Gasteiger partial charge in [0.15, 0.2) is 0 Å². The van der Waals surface area contributed by atoms with Gasteiger partial charge in [-0.05, 0) is 37.1 Å². The van der Waals surface area contributed by atoms with Crippen LogP contribution in [0.25, 0.3) is 0 Å². The molecule has 1 N–H and O–H groups in total. The van der Waals surface area contributed by atoms with Crippen LogP contribution >= 0.6 is 15.9 Å². The Morgan fingerprint density at radius 2 is 2.11 bits per heavy atom. The summed E-state index contributed by atoms with van der Waals surface area (Å²) in [6, 6.07) is 5.19. The standard InChI is InChI=1S/C12H16BrNO4S/c1-9-8-10(5-6-11(9)13)14-19(16,17)7-3-4-12(15)18-2/h5-6,8,14H,3-4,7H2,1-2H3. The molecule has 5 nitrogen and oxygen atoms in total. The number of aryl methyl sites for hydroxylation is 1. The van der Waals surface area contributed by atoms with Gasteiger partial charge in [0.05, 0.1) is 12.9 Å². The number of benzene rings is 1. The SMILES string of the molecule is COC(=O)CCCS(=O)(=O)Nc1ccc(Br)c(C)c1. The molecule has 1 aromatic carbocycles. The number of carbonyl (C=O) groups excluding carboxylic acids is 1. The molecule has 0 atom stereocenters. The topological polar surface area (TPSA) is 72.5 Å². The zero-order valence-corrected chi connectivity index (χ0v) is 13.2. The molecule has 0 unspecified atom stereocenters. The number of sulfonamides is 1. The second-order valence-corrected chi connectivity index (χ2v) is 6.76. The van der Waals surface area contributed by atoms with Crippen LogP contribution in [0.1, 0.15) is 18.4 Å². The molecule has 0 aliphatic heterocycles. The van der Waals surface area contributed by atoms with Crippen LogP contribution in [0.5, 0.6) is 0 Å². The summed E-state index contributed by atoms with van der Waals surface area (Å²) in [4.78, 5) is 10.9. The van der Waals surface area contributed by atoms with Crippen molar-refractivity contribution < 1.29 is 17.9 Å². The highest BCUT2D eigenvalue weighted by atomic mass is 79.9. The van der Waals surface area contributed by atoms with Crippen LogP contribution in [-0.2, 0) is 19.6 Å². The number of esters is 1. The van der Waals surface area contributed by atoms with Crippen molar-refractivity contribution in [1.29, 1.82) is 0 Å². The average Bonchev–Trinajstić information content (AvgIpc) is 2.33. The van der Waals surface area contributed by atoms with Gasteiger partial charge in [0.25, 0.3) is 0 Å². The fourth-order valence-electron chi connectivity index (χ4n) is 1.45. The maximum Gasteiger partial charge on any atom is 0.305 e. The van der Waals surface area contributed by atoms with Crippen LogP contribution in [0.2, 0.25) is 0 Å². The summed E-state index contributed by atoms with van der Waals surface area (Å²) in [7, 11) is -2.16. The van der Waals surface area contributed by atoms with E-state index in [-0.39, 0.29) is 18.6 Å². The maximum absolute atomic E-state index is 11.8. The largest absolute Gasteiger partial charge is 0.469 e. The maximum atomic E-state index is 11.8. The lowest BCUT2D eigenvalue weighted by Gasteiger charge is -2.09. The number of carbonyl (C=O) groups is 1. The molecular formula is C12H16BrNO4S. The molecule has 0 radical (unpaired) electrons. The molecule has 1 aromatic rings. The van der Waals surface area contributed by atoms with Gasteiger partial charge in [0.2, 0.25) is 10.0 Å². The molecule has 0 aliphatic rings. The van der Waals surface area contributed by atoms with Crippen molar-refractivity contribution in [2.24, 2.45) is 0 Å². The first-order chi connectivity index (χ1) is 8.84. The van der Waals surface area contributed by atoms with Crippen molar-refractivity contribution in [3.8, 4) is 0 Å². The predicted molar refractivity (Wildman–Crippen MR) is 77.5 cm³/mol. The summed E-state index contributed by atoms with van der Waals surface area (Å²) in [5.74, 6) is -0.522. The second-order valence-electron chi connectivity index (χ2n) is 4.06. The zero-order chi connectivity index (χ0) is 14.5. The number of hydrogen-bond donors (Lipinski definition) is 1. The van der Waals surface area contributed by atoms with Gasteiger partial charge in [0, 0.05) is 16.6 Å². The Morgan fingerprint density at radius 3 is 2.68 bits per heavy atom. The Balaban J connectivity index is 2.59. The lowest BCUT2D eigenvalue weighted by Crippen LogP contribution is -2.17. The molecule has 0 saturated carbocycles. The monoisotopic (exact) mass is 349 g/mol. The minimum absolute atomic E-state index is 0.0940. The fourth-order valence-corrected chi connectivity index (χ4v) is 2.81.